The molecule has 1 N–H and O–H groups in total. The van der Waals surface area contributed by atoms with Crippen LogP contribution in [0, 0.1) is 0 Å². The molecule has 2 atom stereocenters. The molecule has 12 heteroatoms. The number of benzene rings is 3. The molecule has 4 aromatic rings. The van der Waals surface area contributed by atoms with Gasteiger partial charge in [0.25, 0.3) is 0 Å². The summed E-state index contributed by atoms with van der Waals surface area (Å²) in [5, 5.41) is 11.3. The Morgan fingerprint density at radius 3 is 2.39 bits per heavy atom. The van der Waals surface area contributed by atoms with E-state index < -0.39 is 17.9 Å². The van der Waals surface area contributed by atoms with Gasteiger partial charge >= 0.3 is 0 Å². The first kappa shape index (κ1) is 30.5. The van der Waals surface area contributed by atoms with Crippen LogP contribution in [0.2, 0.25) is 0 Å². The summed E-state index contributed by atoms with van der Waals surface area (Å²) in [6.07, 6.45) is 1.57. The molecule has 1 aliphatic rings. The summed E-state index contributed by atoms with van der Waals surface area (Å²) in [5.74, 6) is -0.326. The summed E-state index contributed by atoms with van der Waals surface area (Å²) < 4.78 is 23.9. The van der Waals surface area contributed by atoms with Gasteiger partial charge in [-0.3, -0.25) is 19.3 Å². The van der Waals surface area contributed by atoms with E-state index in [-0.39, 0.29) is 36.2 Å². The van der Waals surface area contributed by atoms with Crippen LogP contribution in [0.25, 0.3) is 11.0 Å². The van der Waals surface area contributed by atoms with Crippen molar-refractivity contribution in [2.45, 2.75) is 38.5 Å². The zero-order chi connectivity index (χ0) is 31.2. The molecule has 0 radical (unpaired) electrons. The van der Waals surface area contributed by atoms with Crippen LogP contribution in [0.15, 0.2) is 60.7 Å². The zero-order valence-corrected chi connectivity index (χ0v) is 25.1. The first-order valence-electron chi connectivity index (χ1n) is 14.3. The lowest BCUT2D eigenvalue weighted by Gasteiger charge is -2.33. The van der Waals surface area contributed by atoms with Crippen LogP contribution in [0.1, 0.15) is 41.7 Å². The number of anilines is 1. The van der Waals surface area contributed by atoms with Crippen LogP contribution in [0.3, 0.4) is 0 Å². The van der Waals surface area contributed by atoms with E-state index >= 15 is 0 Å². The van der Waals surface area contributed by atoms with Crippen LogP contribution in [0.5, 0.6) is 17.2 Å². The van der Waals surface area contributed by atoms with E-state index in [2.05, 4.69) is 15.6 Å². The van der Waals surface area contributed by atoms with E-state index in [1.165, 1.54) is 37.8 Å². The second-order valence-corrected chi connectivity index (χ2v) is 10.3. The monoisotopic (exact) mass is 601 g/mol. The van der Waals surface area contributed by atoms with Crippen molar-refractivity contribution in [3.8, 4) is 17.2 Å². The third-order valence-corrected chi connectivity index (χ3v) is 7.55. The largest absolute Gasteiger partial charge is 0.493 e. The Morgan fingerprint density at radius 2 is 1.73 bits per heavy atom. The number of fused-ring (bicyclic) bond motifs is 1. The number of carbonyl (C=O) groups excluding carboxylic acids is 3. The first-order chi connectivity index (χ1) is 21.4. The van der Waals surface area contributed by atoms with Crippen molar-refractivity contribution in [1.29, 1.82) is 0 Å². The Balaban J connectivity index is 1.67. The third-order valence-electron chi connectivity index (χ3n) is 7.55. The predicted octanol–water partition coefficient (Wildman–Crippen LogP) is 3.73. The molecule has 1 aliphatic heterocycles. The summed E-state index contributed by atoms with van der Waals surface area (Å²) in [7, 11) is 4.42. The van der Waals surface area contributed by atoms with Crippen LogP contribution in [-0.4, -0.2) is 73.2 Å². The van der Waals surface area contributed by atoms with Gasteiger partial charge in [-0.15, -0.1) is 5.10 Å². The van der Waals surface area contributed by atoms with Gasteiger partial charge in [0.05, 0.1) is 38.6 Å². The van der Waals surface area contributed by atoms with Gasteiger partial charge in [0, 0.05) is 18.7 Å². The van der Waals surface area contributed by atoms with Gasteiger partial charge in [0.15, 0.2) is 17.3 Å². The number of ether oxygens (including phenoxy) is 4. The van der Waals surface area contributed by atoms with Gasteiger partial charge in [-0.05, 0) is 61.7 Å². The summed E-state index contributed by atoms with van der Waals surface area (Å²) in [6.45, 7) is 2.04. The molecule has 1 aromatic heterocycles. The van der Waals surface area contributed by atoms with Crippen molar-refractivity contribution in [1.82, 2.24) is 20.3 Å². The summed E-state index contributed by atoms with van der Waals surface area (Å²) in [4.78, 5) is 42.9. The lowest BCUT2D eigenvalue weighted by atomic mass is 9.99. The quantitative estimate of drug-likeness (QED) is 0.241. The molecule has 2 amide bonds. The highest BCUT2D eigenvalue weighted by molar-refractivity contribution is 6.08. The minimum absolute atomic E-state index is 0.144. The number of rotatable bonds is 12. The fraction of sp³-hybridized carbons (Fsp3) is 0.344. The van der Waals surface area contributed by atoms with E-state index in [1.807, 2.05) is 18.2 Å². The Morgan fingerprint density at radius 1 is 1.02 bits per heavy atom. The average molecular weight is 602 g/mol. The van der Waals surface area contributed by atoms with Crippen molar-refractivity contribution in [2.24, 2.45) is 0 Å². The molecule has 0 bridgehead atoms. The Hall–Kier alpha value is -4.97. The maximum Gasteiger partial charge on any atom is 0.249 e. The van der Waals surface area contributed by atoms with Gasteiger partial charge in [0.1, 0.15) is 18.1 Å². The summed E-state index contributed by atoms with van der Waals surface area (Å²) in [6, 6.07) is 15.9. The fourth-order valence-corrected chi connectivity index (χ4v) is 5.43. The predicted molar refractivity (Wildman–Crippen MR) is 162 cm³/mol. The topological polar surface area (TPSA) is 134 Å². The molecule has 1 fully saturated rings. The van der Waals surface area contributed by atoms with E-state index in [4.69, 9.17) is 18.9 Å². The van der Waals surface area contributed by atoms with Crippen molar-refractivity contribution < 1.29 is 33.3 Å². The summed E-state index contributed by atoms with van der Waals surface area (Å²) in [5.41, 5.74) is 2.17. The molecule has 0 saturated carbocycles. The molecule has 5 rings (SSSR count). The number of Topliss-reactive ketones (excluding diaryl/α,β-unsaturated/α-hetero) is 1. The van der Waals surface area contributed by atoms with Gasteiger partial charge in [-0.25, -0.2) is 4.68 Å². The molecule has 44 heavy (non-hydrogen) atoms. The number of para-hydroxylation sites is 2. The van der Waals surface area contributed by atoms with Crippen molar-refractivity contribution in [3.05, 3.63) is 71.8 Å². The molecule has 12 nitrogen and oxygen atoms in total. The maximum absolute atomic E-state index is 14.5. The number of hydrogen-bond acceptors (Lipinski definition) is 9. The van der Waals surface area contributed by atoms with Crippen LogP contribution in [0.4, 0.5) is 5.69 Å². The Kier molecular flexibility index (Phi) is 9.39. The lowest BCUT2D eigenvalue weighted by Crippen LogP contribution is -2.47. The number of ketones is 1. The van der Waals surface area contributed by atoms with Gasteiger partial charge in [0.2, 0.25) is 17.6 Å². The van der Waals surface area contributed by atoms with E-state index in [0.29, 0.717) is 40.5 Å². The van der Waals surface area contributed by atoms with Crippen molar-refractivity contribution >= 4 is 34.3 Å². The molecule has 0 spiro atoms. The fourth-order valence-electron chi connectivity index (χ4n) is 5.43. The lowest BCUT2D eigenvalue weighted by molar-refractivity contribution is -0.127. The Bertz CT molecular complexity index is 1640. The van der Waals surface area contributed by atoms with Crippen LogP contribution >= 0.6 is 0 Å². The van der Waals surface area contributed by atoms with Crippen molar-refractivity contribution in [2.75, 3.05) is 39.4 Å². The third kappa shape index (κ3) is 6.20. The van der Waals surface area contributed by atoms with Crippen molar-refractivity contribution in [3.63, 3.8) is 0 Å². The number of hydrogen-bond donors (Lipinski definition) is 1. The second-order valence-electron chi connectivity index (χ2n) is 10.3. The van der Waals surface area contributed by atoms with Gasteiger partial charge < -0.3 is 24.3 Å². The molecule has 230 valence electrons. The minimum Gasteiger partial charge on any atom is -0.493 e. The molecule has 0 aliphatic carbocycles. The van der Waals surface area contributed by atoms with Crippen LogP contribution in [-0.2, 0) is 20.9 Å². The highest BCUT2D eigenvalue weighted by atomic mass is 16.5. The smallest absolute Gasteiger partial charge is 0.249 e. The van der Waals surface area contributed by atoms with E-state index in [9.17, 15) is 14.4 Å². The second kappa shape index (κ2) is 13.6. The highest BCUT2D eigenvalue weighted by Crippen LogP contribution is 2.42. The Labute approximate surface area is 254 Å². The minimum atomic E-state index is -1.26. The molecular weight excluding hydrogens is 566 g/mol. The normalized spacial score (nSPS) is 15.0. The average Bonchev–Trinajstić information content (AvgIpc) is 3.72. The molecule has 1 saturated heterocycles. The standard InChI is InChI=1S/C32H35N5O7/c1-20(38)23-11-5-7-13-25(23)37(29(39)19-36-26-14-8-6-12-24(26)34-35-36)30(32(40)33-18-22-10-9-15-44-22)21-16-27(41-2)31(43-4)28(17-21)42-3/h5-8,11-14,16-17,22,30H,9-10,15,18-19H2,1-4H3,(H,33,40)/t22-,30+/m1/s1. The highest BCUT2D eigenvalue weighted by Gasteiger charge is 2.36. The zero-order valence-electron chi connectivity index (χ0n) is 25.1. The van der Waals surface area contributed by atoms with E-state index in [0.717, 1.165) is 12.8 Å². The number of carbonyl (C=O) groups is 3. The van der Waals surface area contributed by atoms with Crippen LogP contribution < -0.4 is 24.4 Å². The number of nitrogens with zero attached hydrogens (tertiary/aromatic N) is 4. The molecular formula is C32H35N5O7. The number of amides is 2. The SMILES string of the molecule is COc1cc([C@@H](C(=O)NC[C@H]2CCCO2)N(C(=O)Cn2nnc3ccccc32)c2ccccc2C(C)=O)cc(OC)c1OC. The van der Waals surface area contributed by atoms with Gasteiger partial charge in [-0.1, -0.05) is 29.5 Å². The maximum atomic E-state index is 14.5. The number of methoxy groups -OCH3 is 3. The number of nitrogens with one attached hydrogen (secondary N) is 1. The summed E-state index contributed by atoms with van der Waals surface area (Å²) >= 11 is 0. The number of aromatic nitrogens is 3. The first-order valence-corrected chi connectivity index (χ1v) is 14.3. The van der Waals surface area contributed by atoms with E-state index in [1.54, 1.807) is 42.5 Å². The molecule has 2 heterocycles. The molecule has 0 unspecified atom stereocenters. The molecule has 3 aromatic carbocycles. The van der Waals surface area contributed by atoms with Gasteiger partial charge in [-0.2, -0.15) is 0 Å².